The van der Waals surface area contributed by atoms with Crippen molar-refractivity contribution in [3.63, 3.8) is 0 Å². The van der Waals surface area contributed by atoms with E-state index in [1.54, 1.807) is 31.4 Å². The van der Waals surface area contributed by atoms with Crippen molar-refractivity contribution >= 4 is 11.8 Å². The van der Waals surface area contributed by atoms with Crippen molar-refractivity contribution < 1.29 is 13.9 Å². The molecule has 0 saturated carbocycles. The Bertz CT molecular complexity index is 644. The van der Waals surface area contributed by atoms with Crippen LogP contribution in [0, 0.1) is 0 Å². The standard InChI is InChI=1S/C19H22FNO2S/c1-22-17-4-2-3-15(10-17)19(20)12-23-16-7-5-14(6-8-16)9-18-11-21-13-24-18/h2-8,10,18-19,21H,9,11-13H2,1H3/t18?,19-/m1/s1. The largest absolute Gasteiger partial charge is 0.497 e. The third-order valence-corrected chi connectivity index (χ3v) is 5.21. The van der Waals surface area contributed by atoms with Gasteiger partial charge in [0.15, 0.2) is 6.17 Å². The van der Waals surface area contributed by atoms with E-state index in [4.69, 9.17) is 9.47 Å². The molecule has 0 aromatic heterocycles. The fraction of sp³-hybridized carbons (Fsp3) is 0.368. The highest BCUT2D eigenvalue weighted by molar-refractivity contribution is 8.00. The van der Waals surface area contributed by atoms with Gasteiger partial charge in [0.2, 0.25) is 0 Å². The lowest BCUT2D eigenvalue weighted by Crippen LogP contribution is -2.14. The summed E-state index contributed by atoms with van der Waals surface area (Å²) in [5.74, 6) is 2.38. The Hall–Kier alpha value is -1.72. The van der Waals surface area contributed by atoms with Gasteiger partial charge < -0.3 is 14.8 Å². The van der Waals surface area contributed by atoms with E-state index in [1.807, 2.05) is 23.9 Å². The van der Waals surface area contributed by atoms with E-state index < -0.39 is 6.17 Å². The van der Waals surface area contributed by atoms with Crippen LogP contribution in [0.1, 0.15) is 17.3 Å². The molecule has 0 aliphatic carbocycles. The van der Waals surface area contributed by atoms with Crippen LogP contribution in [0.25, 0.3) is 0 Å². The van der Waals surface area contributed by atoms with Crippen molar-refractivity contribution in [2.75, 3.05) is 26.1 Å². The van der Waals surface area contributed by atoms with Crippen LogP contribution in [0.5, 0.6) is 11.5 Å². The van der Waals surface area contributed by atoms with Gasteiger partial charge in [-0.15, -0.1) is 11.8 Å². The van der Waals surface area contributed by atoms with Gasteiger partial charge in [0.1, 0.15) is 18.1 Å². The Morgan fingerprint density at radius 1 is 1.21 bits per heavy atom. The second-order valence-corrected chi connectivity index (χ2v) is 7.08. The zero-order chi connectivity index (χ0) is 16.8. The van der Waals surface area contributed by atoms with Crippen molar-refractivity contribution in [3.05, 3.63) is 59.7 Å². The number of rotatable bonds is 7. The number of thioether (sulfide) groups is 1. The van der Waals surface area contributed by atoms with Crippen LogP contribution >= 0.6 is 11.8 Å². The van der Waals surface area contributed by atoms with Gasteiger partial charge in [0, 0.05) is 17.7 Å². The molecule has 1 aliphatic heterocycles. The number of methoxy groups -OCH3 is 1. The molecule has 1 fully saturated rings. The Balaban J connectivity index is 1.52. The van der Waals surface area contributed by atoms with Gasteiger partial charge in [0.05, 0.1) is 7.11 Å². The molecular weight excluding hydrogens is 325 g/mol. The summed E-state index contributed by atoms with van der Waals surface area (Å²) in [6.07, 6.45) is -0.131. The van der Waals surface area contributed by atoms with E-state index in [-0.39, 0.29) is 6.61 Å². The Morgan fingerprint density at radius 3 is 2.75 bits per heavy atom. The molecule has 5 heteroatoms. The number of benzene rings is 2. The Labute approximate surface area is 146 Å². The van der Waals surface area contributed by atoms with Crippen LogP contribution in [0.3, 0.4) is 0 Å². The van der Waals surface area contributed by atoms with Gasteiger partial charge in [-0.25, -0.2) is 4.39 Å². The molecule has 1 unspecified atom stereocenters. The number of hydrogen-bond donors (Lipinski definition) is 1. The van der Waals surface area contributed by atoms with Crippen molar-refractivity contribution in [1.82, 2.24) is 5.32 Å². The lowest BCUT2D eigenvalue weighted by molar-refractivity contribution is 0.197. The topological polar surface area (TPSA) is 30.5 Å². The second-order valence-electron chi connectivity index (χ2n) is 5.79. The zero-order valence-electron chi connectivity index (χ0n) is 13.7. The normalized spacial score (nSPS) is 18.3. The minimum atomic E-state index is -1.18. The van der Waals surface area contributed by atoms with Crippen LogP contribution in [-0.2, 0) is 6.42 Å². The van der Waals surface area contributed by atoms with Gasteiger partial charge in [0.25, 0.3) is 0 Å². The molecule has 3 nitrogen and oxygen atoms in total. The first-order valence-corrected chi connectivity index (χ1v) is 9.11. The minimum Gasteiger partial charge on any atom is -0.497 e. The summed E-state index contributed by atoms with van der Waals surface area (Å²) in [6.45, 7) is 1.06. The molecule has 2 aromatic carbocycles. The fourth-order valence-corrected chi connectivity index (χ4v) is 3.69. The molecule has 0 radical (unpaired) electrons. The molecule has 0 bridgehead atoms. The lowest BCUT2D eigenvalue weighted by Gasteiger charge is -2.13. The minimum absolute atomic E-state index is 0.00505. The molecule has 1 heterocycles. The third kappa shape index (κ3) is 4.65. The fourth-order valence-electron chi connectivity index (χ4n) is 2.67. The van der Waals surface area contributed by atoms with Crippen molar-refractivity contribution in [1.29, 1.82) is 0 Å². The first-order chi connectivity index (χ1) is 11.7. The van der Waals surface area contributed by atoms with E-state index >= 15 is 0 Å². The summed E-state index contributed by atoms with van der Waals surface area (Å²) in [4.78, 5) is 0. The maximum atomic E-state index is 14.3. The maximum Gasteiger partial charge on any atom is 0.159 e. The molecule has 3 rings (SSSR count). The van der Waals surface area contributed by atoms with Crippen molar-refractivity contribution in [2.24, 2.45) is 0 Å². The van der Waals surface area contributed by atoms with Crippen molar-refractivity contribution in [3.8, 4) is 11.5 Å². The smallest absolute Gasteiger partial charge is 0.159 e. The maximum absolute atomic E-state index is 14.3. The summed E-state index contributed by atoms with van der Waals surface area (Å²) in [7, 11) is 1.57. The molecule has 2 atom stereocenters. The van der Waals surface area contributed by atoms with Gasteiger partial charge in [-0.3, -0.25) is 0 Å². The lowest BCUT2D eigenvalue weighted by atomic mass is 10.1. The number of halogens is 1. The SMILES string of the molecule is COc1cccc([C@H](F)COc2ccc(CC3CNCS3)cc2)c1. The Morgan fingerprint density at radius 2 is 2.04 bits per heavy atom. The van der Waals surface area contributed by atoms with Gasteiger partial charge in [-0.1, -0.05) is 24.3 Å². The summed E-state index contributed by atoms with van der Waals surface area (Å²) in [6, 6.07) is 15.0. The molecule has 0 amide bonds. The molecule has 2 aromatic rings. The van der Waals surface area contributed by atoms with Crippen molar-refractivity contribution in [2.45, 2.75) is 17.8 Å². The second kappa shape index (κ2) is 8.40. The van der Waals surface area contributed by atoms with Gasteiger partial charge >= 0.3 is 0 Å². The highest BCUT2D eigenvalue weighted by Crippen LogP contribution is 2.24. The van der Waals surface area contributed by atoms with Crippen LogP contribution < -0.4 is 14.8 Å². The number of ether oxygens (including phenoxy) is 2. The Kier molecular flexibility index (Phi) is 5.99. The van der Waals surface area contributed by atoms with Crippen LogP contribution in [0.4, 0.5) is 4.39 Å². The molecule has 1 saturated heterocycles. The highest BCUT2D eigenvalue weighted by Gasteiger charge is 2.15. The number of hydrogen-bond acceptors (Lipinski definition) is 4. The van der Waals surface area contributed by atoms with Gasteiger partial charge in [-0.05, 0) is 41.8 Å². The van der Waals surface area contributed by atoms with E-state index in [9.17, 15) is 4.39 Å². The number of alkyl halides is 1. The van der Waals surface area contributed by atoms with E-state index in [0.717, 1.165) is 18.8 Å². The summed E-state index contributed by atoms with van der Waals surface area (Å²) >= 11 is 1.95. The van der Waals surface area contributed by atoms with E-state index in [2.05, 4.69) is 17.4 Å². The first kappa shape index (κ1) is 17.1. The monoisotopic (exact) mass is 347 g/mol. The quantitative estimate of drug-likeness (QED) is 0.820. The predicted octanol–water partition coefficient (Wildman–Crippen LogP) is 3.99. The predicted molar refractivity (Wildman–Crippen MR) is 96.7 cm³/mol. The van der Waals surface area contributed by atoms with Gasteiger partial charge in [-0.2, -0.15) is 0 Å². The molecule has 1 N–H and O–H groups in total. The van der Waals surface area contributed by atoms with E-state index in [0.29, 0.717) is 22.3 Å². The average Bonchev–Trinajstić information content (AvgIpc) is 3.14. The zero-order valence-corrected chi connectivity index (χ0v) is 14.5. The summed E-state index contributed by atoms with van der Waals surface area (Å²) < 4.78 is 25.0. The number of nitrogens with one attached hydrogen (secondary N) is 1. The molecular formula is C19H22FNO2S. The van der Waals surface area contributed by atoms with Crippen LogP contribution in [0.2, 0.25) is 0 Å². The molecule has 1 aliphatic rings. The van der Waals surface area contributed by atoms with Crippen LogP contribution in [-0.4, -0.2) is 31.4 Å². The first-order valence-electron chi connectivity index (χ1n) is 8.06. The average molecular weight is 347 g/mol. The molecule has 24 heavy (non-hydrogen) atoms. The highest BCUT2D eigenvalue weighted by atomic mass is 32.2. The molecule has 128 valence electrons. The summed E-state index contributed by atoms with van der Waals surface area (Å²) in [5, 5.41) is 3.99. The van der Waals surface area contributed by atoms with Crippen LogP contribution in [0.15, 0.2) is 48.5 Å². The van der Waals surface area contributed by atoms with E-state index in [1.165, 1.54) is 5.56 Å². The molecule has 0 spiro atoms. The summed E-state index contributed by atoms with van der Waals surface area (Å²) in [5.41, 5.74) is 1.85. The third-order valence-electron chi connectivity index (χ3n) is 4.03.